The van der Waals surface area contributed by atoms with Crippen LogP contribution in [-0.4, -0.2) is 30.4 Å². The summed E-state index contributed by atoms with van der Waals surface area (Å²) in [7, 11) is 0. The van der Waals surface area contributed by atoms with Gasteiger partial charge in [-0.05, 0) is 36.8 Å². The quantitative estimate of drug-likeness (QED) is 0.834. The number of amides is 1. The second kappa shape index (κ2) is 7.12. The van der Waals surface area contributed by atoms with Crippen LogP contribution in [0.2, 0.25) is 0 Å². The van der Waals surface area contributed by atoms with Crippen molar-refractivity contribution >= 4 is 11.9 Å². The van der Waals surface area contributed by atoms with Crippen molar-refractivity contribution in [3.63, 3.8) is 0 Å². The van der Waals surface area contributed by atoms with E-state index in [2.05, 4.69) is 5.32 Å². The van der Waals surface area contributed by atoms with Crippen molar-refractivity contribution in [2.75, 3.05) is 13.4 Å². The first-order valence-electron chi connectivity index (χ1n) is 7.65. The third-order valence-corrected chi connectivity index (χ3v) is 3.65. The van der Waals surface area contributed by atoms with Gasteiger partial charge in [0.15, 0.2) is 18.1 Å². The molecule has 7 heteroatoms. The molecule has 0 saturated carbocycles. The molecule has 0 bridgehead atoms. The van der Waals surface area contributed by atoms with Crippen molar-refractivity contribution in [2.45, 2.75) is 13.5 Å². The van der Waals surface area contributed by atoms with Crippen LogP contribution in [0.15, 0.2) is 36.4 Å². The second-order valence-electron chi connectivity index (χ2n) is 5.56. The molecule has 2 aromatic rings. The van der Waals surface area contributed by atoms with Crippen molar-refractivity contribution in [1.29, 1.82) is 0 Å². The third kappa shape index (κ3) is 4.00. The summed E-state index contributed by atoms with van der Waals surface area (Å²) in [5, 5.41) is 11.9. The summed E-state index contributed by atoms with van der Waals surface area (Å²) in [5.41, 5.74) is 1.69. The second-order valence-corrected chi connectivity index (χ2v) is 5.56. The van der Waals surface area contributed by atoms with Gasteiger partial charge < -0.3 is 24.6 Å². The standard InChI is InChI=1S/C18H17NO6/c1-11-2-4-14(13(6-11)18(21)22)23-9-17(20)19-8-12-3-5-15-16(7-12)25-10-24-15/h2-7H,8-10H2,1H3,(H,19,20)(H,21,22). The molecule has 1 aliphatic rings. The van der Waals surface area contributed by atoms with Gasteiger partial charge in [0, 0.05) is 6.54 Å². The number of benzene rings is 2. The molecule has 0 spiro atoms. The average Bonchev–Trinajstić information content (AvgIpc) is 3.06. The van der Waals surface area contributed by atoms with E-state index in [1.54, 1.807) is 31.2 Å². The Labute approximate surface area is 144 Å². The van der Waals surface area contributed by atoms with E-state index in [0.29, 0.717) is 18.0 Å². The molecule has 0 saturated heterocycles. The van der Waals surface area contributed by atoms with Gasteiger partial charge in [-0.1, -0.05) is 17.7 Å². The summed E-state index contributed by atoms with van der Waals surface area (Å²) >= 11 is 0. The summed E-state index contributed by atoms with van der Waals surface area (Å²) in [6.07, 6.45) is 0. The summed E-state index contributed by atoms with van der Waals surface area (Å²) in [5.74, 6) is 0.0399. The number of aryl methyl sites for hydroxylation is 1. The van der Waals surface area contributed by atoms with Crippen molar-refractivity contribution in [3.05, 3.63) is 53.1 Å². The molecule has 7 nitrogen and oxygen atoms in total. The maximum atomic E-state index is 11.9. The molecule has 0 atom stereocenters. The molecule has 0 aliphatic carbocycles. The summed E-state index contributed by atoms with van der Waals surface area (Å²) in [6.45, 7) is 2.02. The average molecular weight is 343 g/mol. The lowest BCUT2D eigenvalue weighted by molar-refractivity contribution is -0.123. The van der Waals surface area contributed by atoms with E-state index in [4.69, 9.17) is 14.2 Å². The first-order valence-corrected chi connectivity index (χ1v) is 7.65. The van der Waals surface area contributed by atoms with Gasteiger partial charge in [-0.15, -0.1) is 0 Å². The molecule has 1 heterocycles. The molecule has 0 fully saturated rings. The Hall–Kier alpha value is -3.22. The number of fused-ring (bicyclic) bond motifs is 1. The largest absolute Gasteiger partial charge is 0.483 e. The zero-order chi connectivity index (χ0) is 17.8. The molecule has 1 amide bonds. The lowest BCUT2D eigenvalue weighted by atomic mass is 10.1. The number of carbonyl (C=O) groups is 2. The molecule has 130 valence electrons. The topological polar surface area (TPSA) is 94.1 Å². The monoisotopic (exact) mass is 343 g/mol. The van der Waals surface area contributed by atoms with Crippen LogP contribution in [0.1, 0.15) is 21.5 Å². The van der Waals surface area contributed by atoms with E-state index in [1.165, 1.54) is 6.07 Å². The zero-order valence-corrected chi connectivity index (χ0v) is 13.6. The fourth-order valence-corrected chi connectivity index (χ4v) is 2.38. The van der Waals surface area contributed by atoms with Gasteiger partial charge in [0.1, 0.15) is 11.3 Å². The number of rotatable bonds is 6. The number of hydrogen-bond donors (Lipinski definition) is 2. The maximum absolute atomic E-state index is 11.9. The van der Waals surface area contributed by atoms with Crippen LogP contribution in [0.5, 0.6) is 17.2 Å². The molecule has 2 N–H and O–H groups in total. The van der Waals surface area contributed by atoms with Gasteiger partial charge >= 0.3 is 5.97 Å². The van der Waals surface area contributed by atoms with Crippen LogP contribution in [0.4, 0.5) is 0 Å². The third-order valence-electron chi connectivity index (χ3n) is 3.65. The highest BCUT2D eigenvalue weighted by Gasteiger charge is 2.15. The predicted octanol–water partition coefficient (Wildman–Crippen LogP) is 2.12. The minimum absolute atomic E-state index is 0.0311. The minimum Gasteiger partial charge on any atom is -0.483 e. The van der Waals surface area contributed by atoms with Crippen LogP contribution in [0.3, 0.4) is 0 Å². The SMILES string of the molecule is Cc1ccc(OCC(=O)NCc2ccc3c(c2)OCO3)c(C(=O)O)c1. The summed E-state index contributed by atoms with van der Waals surface area (Å²) < 4.78 is 15.8. The number of carbonyl (C=O) groups excluding carboxylic acids is 1. The number of hydrogen-bond acceptors (Lipinski definition) is 5. The highest BCUT2D eigenvalue weighted by atomic mass is 16.7. The Morgan fingerprint density at radius 3 is 2.76 bits per heavy atom. The fourth-order valence-electron chi connectivity index (χ4n) is 2.38. The smallest absolute Gasteiger partial charge is 0.339 e. The van der Waals surface area contributed by atoms with Crippen LogP contribution >= 0.6 is 0 Å². The van der Waals surface area contributed by atoms with E-state index in [1.807, 2.05) is 6.07 Å². The van der Waals surface area contributed by atoms with E-state index in [-0.39, 0.29) is 30.6 Å². The number of nitrogens with one attached hydrogen (secondary N) is 1. The first kappa shape index (κ1) is 16.6. The van der Waals surface area contributed by atoms with Crippen LogP contribution in [0, 0.1) is 6.92 Å². The van der Waals surface area contributed by atoms with Crippen molar-refractivity contribution in [3.8, 4) is 17.2 Å². The van der Waals surface area contributed by atoms with Crippen molar-refractivity contribution in [2.24, 2.45) is 0 Å². The summed E-state index contributed by atoms with van der Waals surface area (Å²) in [6, 6.07) is 10.2. The highest BCUT2D eigenvalue weighted by molar-refractivity contribution is 5.91. The van der Waals surface area contributed by atoms with Gasteiger partial charge in [-0.25, -0.2) is 4.79 Å². The van der Waals surface area contributed by atoms with E-state index >= 15 is 0 Å². The number of aromatic carboxylic acids is 1. The Balaban J connectivity index is 1.54. The van der Waals surface area contributed by atoms with Gasteiger partial charge in [0.25, 0.3) is 5.91 Å². The molecule has 25 heavy (non-hydrogen) atoms. The molecular weight excluding hydrogens is 326 g/mol. The Bertz CT molecular complexity index is 817. The van der Waals surface area contributed by atoms with Gasteiger partial charge in [0.2, 0.25) is 6.79 Å². The Morgan fingerprint density at radius 1 is 1.16 bits per heavy atom. The Kier molecular flexibility index (Phi) is 4.74. The molecule has 0 aromatic heterocycles. The molecular formula is C18H17NO6. The predicted molar refractivity (Wildman–Crippen MR) is 88.0 cm³/mol. The maximum Gasteiger partial charge on any atom is 0.339 e. The molecule has 0 unspecified atom stereocenters. The lowest BCUT2D eigenvalue weighted by Gasteiger charge is -2.10. The highest BCUT2D eigenvalue weighted by Crippen LogP contribution is 2.32. The lowest BCUT2D eigenvalue weighted by Crippen LogP contribution is -2.28. The molecule has 1 aliphatic heterocycles. The van der Waals surface area contributed by atoms with E-state index in [9.17, 15) is 14.7 Å². The number of carboxylic acid groups (broad SMARTS) is 1. The number of ether oxygens (including phenoxy) is 3. The zero-order valence-electron chi connectivity index (χ0n) is 13.6. The van der Waals surface area contributed by atoms with Gasteiger partial charge in [-0.2, -0.15) is 0 Å². The van der Waals surface area contributed by atoms with Crippen LogP contribution in [0.25, 0.3) is 0 Å². The van der Waals surface area contributed by atoms with E-state index in [0.717, 1.165) is 11.1 Å². The fraction of sp³-hybridized carbons (Fsp3) is 0.222. The van der Waals surface area contributed by atoms with Gasteiger partial charge in [-0.3, -0.25) is 4.79 Å². The summed E-state index contributed by atoms with van der Waals surface area (Å²) in [4.78, 5) is 23.2. The van der Waals surface area contributed by atoms with Gasteiger partial charge in [0.05, 0.1) is 0 Å². The molecule has 3 rings (SSSR count). The van der Waals surface area contributed by atoms with E-state index < -0.39 is 5.97 Å². The molecule has 2 aromatic carbocycles. The van der Waals surface area contributed by atoms with Crippen LogP contribution < -0.4 is 19.5 Å². The van der Waals surface area contributed by atoms with Crippen LogP contribution in [-0.2, 0) is 11.3 Å². The molecule has 0 radical (unpaired) electrons. The van der Waals surface area contributed by atoms with Crippen molar-refractivity contribution < 1.29 is 28.9 Å². The normalized spacial score (nSPS) is 11.9. The van der Waals surface area contributed by atoms with Crippen molar-refractivity contribution in [1.82, 2.24) is 5.32 Å². The minimum atomic E-state index is -1.10. The first-order chi connectivity index (χ1) is 12.0. The number of carboxylic acids is 1. The Morgan fingerprint density at radius 2 is 1.96 bits per heavy atom.